The number of aryl methyl sites for hydroxylation is 1. The summed E-state index contributed by atoms with van der Waals surface area (Å²) >= 11 is 1.61. The van der Waals surface area contributed by atoms with Gasteiger partial charge in [-0.25, -0.2) is 0 Å². The van der Waals surface area contributed by atoms with Crippen molar-refractivity contribution in [1.29, 1.82) is 0 Å². The summed E-state index contributed by atoms with van der Waals surface area (Å²) in [5.74, 6) is 1.69. The SMILES string of the molecule is NC(C1CC1)C(CO)Sc1nnc2n1CCCCC2. The van der Waals surface area contributed by atoms with Gasteiger partial charge in [0.15, 0.2) is 5.16 Å². The molecule has 0 saturated heterocycles. The number of aromatic nitrogens is 3. The molecule has 106 valence electrons. The molecule has 2 atom stereocenters. The number of hydrogen-bond acceptors (Lipinski definition) is 5. The van der Waals surface area contributed by atoms with Crippen molar-refractivity contribution >= 4 is 11.8 Å². The number of nitrogens with two attached hydrogens (primary N) is 1. The van der Waals surface area contributed by atoms with Crippen LogP contribution in [-0.2, 0) is 13.0 Å². The maximum atomic E-state index is 9.57. The van der Waals surface area contributed by atoms with Crippen LogP contribution in [0.2, 0.25) is 0 Å². The monoisotopic (exact) mass is 282 g/mol. The molecule has 2 heterocycles. The van der Waals surface area contributed by atoms with Crippen molar-refractivity contribution in [2.75, 3.05) is 6.61 Å². The first-order valence-electron chi connectivity index (χ1n) is 7.25. The Bertz CT molecular complexity index is 432. The maximum Gasteiger partial charge on any atom is 0.191 e. The highest BCUT2D eigenvalue weighted by Gasteiger charge is 2.35. The lowest BCUT2D eigenvalue weighted by Gasteiger charge is -2.20. The van der Waals surface area contributed by atoms with E-state index in [0.717, 1.165) is 23.9 Å². The minimum absolute atomic E-state index is 0.0454. The molecule has 0 spiro atoms. The van der Waals surface area contributed by atoms with Gasteiger partial charge in [-0.1, -0.05) is 18.2 Å². The molecule has 3 N–H and O–H groups in total. The predicted molar refractivity (Wildman–Crippen MR) is 75.0 cm³/mol. The van der Waals surface area contributed by atoms with Gasteiger partial charge < -0.3 is 15.4 Å². The molecular formula is C13H22N4OS. The topological polar surface area (TPSA) is 77.0 Å². The highest BCUT2D eigenvalue weighted by atomic mass is 32.2. The van der Waals surface area contributed by atoms with Crippen LogP contribution in [0.25, 0.3) is 0 Å². The molecule has 19 heavy (non-hydrogen) atoms. The first kappa shape index (κ1) is 13.4. The first-order chi connectivity index (χ1) is 9.29. The van der Waals surface area contributed by atoms with Crippen molar-refractivity contribution in [2.24, 2.45) is 11.7 Å². The Balaban J connectivity index is 1.72. The van der Waals surface area contributed by atoms with Gasteiger partial charge in [0.25, 0.3) is 0 Å². The molecule has 1 aromatic rings. The normalized spacial score (nSPS) is 22.6. The molecule has 0 aromatic carbocycles. The van der Waals surface area contributed by atoms with Crippen molar-refractivity contribution in [3.8, 4) is 0 Å². The summed E-state index contributed by atoms with van der Waals surface area (Å²) < 4.78 is 2.22. The summed E-state index contributed by atoms with van der Waals surface area (Å²) in [5.41, 5.74) is 6.22. The number of thioether (sulfide) groups is 1. The quantitative estimate of drug-likeness (QED) is 0.793. The zero-order valence-corrected chi connectivity index (χ0v) is 12.0. The van der Waals surface area contributed by atoms with Crippen LogP contribution in [0.5, 0.6) is 0 Å². The lowest BCUT2D eigenvalue weighted by Crippen LogP contribution is -2.37. The standard InChI is InChI=1S/C13H22N4OS/c14-12(9-5-6-9)10(8-18)19-13-16-15-11-4-2-1-3-7-17(11)13/h9-10,12,18H,1-8,14H2. The molecule has 3 rings (SSSR count). The molecule has 1 aliphatic carbocycles. The second kappa shape index (κ2) is 5.81. The minimum atomic E-state index is 0.0454. The third-order valence-corrected chi connectivity index (χ3v) is 5.39. The number of aliphatic hydroxyl groups is 1. The molecule has 0 bridgehead atoms. The molecule has 1 fully saturated rings. The zero-order chi connectivity index (χ0) is 13.2. The molecular weight excluding hydrogens is 260 g/mol. The van der Waals surface area contributed by atoms with Gasteiger partial charge in [-0.05, 0) is 31.6 Å². The first-order valence-corrected chi connectivity index (χ1v) is 8.12. The summed E-state index contributed by atoms with van der Waals surface area (Å²) in [4.78, 5) is 0. The zero-order valence-electron chi connectivity index (χ0n) is 11.2. The lowest BCUT2D eigenvalue weighted by molar-refractivity contribution is 0.277. The predicted octanol–water partition coefficient (Wildman–Crippen LogP) is 1.19. The fourth-order valence-corrected chi connectivity index (χ4v) is 3.84. The van der Waals surface area contributed by atoms with Crippen LogP contribution in [0.15, 0.2) is 5.16 Å². The summed E-state index contributed by atoms with van der Waals surface area (Å²) in [6.07, 6.45) is 7.09. The summed E-state index contributed by atoms with van der Waals surface area (Å²) in [7, 11) is 0. The second-order valence-electron chi connectivity index (χ2n) is 5.61. The van der Waals surface area contributed by atoms with Crippen molar-refractivity contribution in [3.63, 3.8) is 0 Å². The lowest BCUT2D eigenvalue weighted by atomic mass is 10.1. The van der Waals surface area contributed by atoms with Gasteiger partial charge in [0.1, 0.15) is 5.82 Å². The van der Waals surface area contributed by atoms with E-state index in [-0.39, 0.29) is 17.9 Å². The summed E-state index contributed by atoms with van der Waals surface area (Å²) in [6.45, 7) is 1.12. The molecule has 2 unspecified atom stereocenters. The van der Waals surface area contributed by atoms with Gasteiger partial charge in [-0.15, -0.1) is 10.2 Å². The molecule has 0 amide bonds. The molecule has 6 heteroatoms. The van der Waals surface area contributed by atoms with Crippen molar-refractivity contribution in [3.05, 3.63) is 5.82 Å². The van der Waals surface area contributed by atoms with Crippen LogP contribution in [0.3, 0.4) is 0 Å². The van der Waals surface area contributed by atoms with E-state index >= 15 is 0 Å². The number of fused-ring (bicyclic) bond motifs is 1. The molecule has 1 aromatic heterocycles. The third kappa shape index (κ3) is 2.95. The number of rotatable bonds is 5. The Morgan fingerprint density at radius 1 is 1.32 bits per heavy atom. The van der Waals surface area contributed by atoms with Crippen LogP contribution in [-0.4, -0.2) is 37.8 Å². The number of nitrogens with zero attached hydrogens (tertiary/aromatic N) is 3. The van der Waals surface area contributed by atoms with Crippen molar-refractivity contribution in [2.45, 2.75) is 61.5 Å². The number of hydrogen-bond donors (Lipinski definition) is 2. The van der Waals surface area contributed by atoms with E-state index in [1.807, 2.05) is 0 Å². The molecule has 1 aliphatic heterocycles. The maximum absolute atomic E-state index is 9.57. The smallest absolute Gasteiger partial charge is 0.191 e. The van der Waals surface area contributed by atoms with Gasteiger partial charge in [0.2, 0.25) is 0 Å². The fraction of sp³-hybridized carbons (Fsp3) is 0.846. The third-order valence-electron chi connectivity index (χ3n) is 4.11. The summed E-state index contributed by atoms with van der Waals surface area (Å²) in [5, 5.41) is 19.1. The van der Waals surface area contributed by atoms with E-state index in [9.17, 15) is 5.11 Å². The van der Waals surface area contributed by atoms with Gasteiger partial charge >= 0.3 is 0 Å². The van der Waals surface area contributed by atoms with E-state index in [1.54, 1.807) is 11.8 Å². The van der Waals surface area contributed by atoms with Crippen LogP contribution < -0.4 is 5.73 Å². The van der Waals surface area contributed by atoms with Crippen molar-refractivity contribution < 1.29 is 5.11 Å². The molecule has 2 aliphatic rings. The van der Waals surface area contributed by atoms with E-state index in [4.69, 9.17) is 5.73 Å². The minimum Gasteiger partial charge on any atom is -0.395 e. The van der Waals surface area contributed by atoms with Crippen LogP contribution >= 0.6 is 11.8 Å². The fourth-order valence-electron chi connectivity index (χ4n) is 2.70. The molecule has 1 saturated carbocycles. The Morgan fingerprint density at radius 2 is 2.16 bits per heavy atom. The van der Waals surface area contributed by atoms with E-state index in [1.165, 1.54) is 32.1 Å². The van der Waals surface area contributed by atoms with Gasteiger partial charge in [-0.2, -0.15) is 0 Å². The Kier molecular flexibility index (Phi) is 4.10. The largest absolute Gasteiger partial charge is 0.395 e. The second-order valence-corrected chi connectivity index (χ2v) is 6.82. The van der Waals surface area contributed by atoms with Gasteiger partial charge in [-0.3, -0.25) is 0 Å². The average molecular weight is 282 g/mol. The highest BCUT2D eigenvalue weighted by Crippen LogP contribution is 2.37. The van der Waals surface area contributed by atoms with E-state index < -0.39 is 0 Å². The molecule has 0 radical (unpaired) electrons. The van der Waals surface area contributed by atoms with Gasteiger partial charge in [0.05, 0.1) is 11.9 Å². The average Bonchev–Trinajstić information content (AvgIpc) is 3.22. The number of aliphatic hydroxyl groups excluding tert-OH is 1. The van der Waals surface area contributed by atoms with Gasteiger partial charge in [0, 0.05) is 19.0 Å². The Hall–Kier alpha value is -0.590. The highest BCUT2D eigenvalue weighted by molar-refractivity contribution is 7.99. The Morgan fingerprint density at radius 3 is 2.89 bits per heavy atom. The van der Waals surface area contributed by atoms with E-state index in [2.05, 4.69) is 14.8 Å². The Labute approximate surface area is 118 Å². The van der Waals surface area contributed by atoms with Crippen molar-refractivity contribution in [1.82, 2.24) is 14.8 Å². The van der Waals surface area contributed by atoms with Crippen LogP contribution in [0, 0.1) is 5.92 Å². The van der Waals surface area contributed by atoms with Crippen LogP contribution in [0.1, 0.15) is 37.9 Å². The molecule has 5 nitrogen and oxygen atoms in total. The van der Waals surface area contributed by atoms with E-state index in [0.29, 0.717) is 5.92 Å². The summed E-state index contributed by atoms with van der Waals surface area (Å²) in [6, 6.07) is 0.0775. The van der Waals surface area contributed by atoms with Crippen LogP contribution in [0.4, 0.5) is 0 Å².